The van der Waals surface area contributed by atoms with Gasteiger partial charge in [0.1, 0.15) is 31.3 Å². The lowest BCUT2D eigenvalue weighted by atomic mass is 9.87. The summed E-state index contributed by atoms with van der Waals surface area (Å²) in [4.78, 5) is 26.9. The van der Waals surface area contributed by atoms with Gasteiger partial charge in [0.15, 0.2) is 11.5 Å². The Balaban J connectivity index is 1.35. The Hall–Kier alpha value is -3.14. The number of nitrogens with zero attached hydrogens (tertiary/aromatic N) is 1. The molecule has 0 N–H and O–H groups in total. The maximum atomic E-state index is 12.9. The van der Waals surface area contributed by atoms with Gasteiger partial charge in [0.05, 0.1) is 28.1 Å². The molecule has 0 atom stereocenters. The highest BCUT2D eigenvalue weighted by atomic mass is 79.9. The van der Waals surface area contributed by atoms with Crippen LogP contribution in [0.4, 0.5) is 4.79 Å². The third-order valence-electron chi connectivity index (χ3n) is 6.15. The molecule has 3 aromatic carbocycles. The van der Waals surface area contributed by atoms with E-state index in [1.165, 1.54) is 5.56 Å². The van der Waals surface area contributed by atoms with Crippen LogP contribution < -0.4 is 18.9 Å². The first-order valence-corrected chi connectivity index (χ1v) is 14.9. The van der Waals surface area contributed by atoms with E-state index in [1.54, 1.807) is 49.6 Å². The third-order valence-corrected chi connectivity index (χ3v) is 7.96. The van der Waals surface area contributed by atoms with E-state index in [1.807, 2.05) is 12.1 Å². The largest absolute Gasteiger partial charge is 0.493 e. The maximum Gasteiger partial charge on any atom is 0.293 e. The summed E-state index contributed by atoms with van der Waals surface area (Å²) in [6.45, 7) is 7.39. The van der Waals surface area contributed by atoms with Crippen LogP contribution in [0.25, 0.3) is 6.08 Å². The van der Waals surface area contributed by atoms with E-state index in [4.69, 9.17) is 30.5 Å². The number of rotatable bonds is 11. The molecule has 0 radical (unpaired) electrons. The fourth-order valence-electron chi connectivity index (χ4n) is 3.97. The minimum absolute atomic E-state index is 0.0813. The van der Waals surface area contributed by atoms with E-state index in [9.17, 15) is 9.59 Å². The number of para-hydroxylation sites is 1. The molecule has 10 heteroatoms. The van der Waals surface area contributed by atoms with Gasteiger partial charge in [0.25, 0.3) is 11.1 Å². The highest BCUT2D eigenvalue weighted by Crippen LogP contribution is 2.39. The molecule has 0 spiro atoms. The van der Waals surface area contributed by atoms with Crippen molar-refractivity contribution >= 4 is 56.5 Å². The average molecular weight is 661 g/mol. The van der Waals surface area contributed by atoms with Crippen LogP contribution in [-0.2, 0) is 10.2 Å². The molecule has 7 nitrogen and oxygen atoms in total. The molecule has 1 heterocycles. The van der Waals surface area contributed by atoms with Crippen LogP contribution in [0.15, 0.2) is 70.0 Å². The molecule has 4 rings (SSSR count). The molecule has 41 heavy (non-hydrogen) atoms. The van der Waals surface area contributed by atoms with Gasteiger partial charge in [0, 0.05) is 0 Å². The fraction of sp³-hybridized carbons (Fsp3) is 0.290. The molecule has 2 amide bonds. The van der Waals surface area contributed by atoms with Gasteiger partial charge < -0.3 is 18.9 Å². The Morgan fingerprint density at radius 3 is 2.32 bits per heavy atom. The zero-order chi connectivity index (χ0) is 29.6. The highest BCUT2D eigenvalue weighted by Gasteiger charge is 2.35. The molecule has 0 aromatic heterocycles. The van der Waals surface area contributed by atoms with Gasteiger partial charge >= 0.3 is 0 Å². The standard InChI is InChI=1S/C31H31BrClNO6S/c1-31(2,3)21-9-11-22(12-10-21)38-15-16-40-28-23(32)17-20(18-26(28)37-4)19-27-29(35)34(30(36)41-27)13-14-39-25-8-6-5-7-24(25)33/h5-12,17-19H,13-16H2,1-4H3/b27-19-. The van der Waals surface area contributed by atoms with Crippen molar-refractivity contribution in [3.05, 3.63) is 86.2 Å². The number of hydrogen-bond acceptors (Lipinski definition) is 7. The second-order valence-electron chi connectivity index (χ2n) is 10.1. The number of hydrogen-bond donors (Lipinski definition) is 0. The molecule has 0 saturated carbocycles. The van der Waals surface area contributed by atoms with E-state index >= 15 is 0 Å². The number of methoxy groups -OCH3 is 1. The maximum absolute atomic E-state index is 12.9. The van der Waals surface area contributed by atoms with Crippen molar-refractivity contribution in [1.29, 1.82) is 0 Å². The van der Waals surface area contributed by atoms with Gasteiger partial charge in [0.2, 0.25) is 0 Å². The van der Waals surface area contributed by atoms with Crippen molar-refractivity contribution in [3.8, 4) is 23.0 Å². The summed E-state index contributed by atoms with van der Waals surface area (Å²) in [6.07, 6.45) is 1.65. The molecular formula is C31H31BrClNO6S. The van der Waals surface area contributed by atoms with Crippen LogP contribution in [0, 0.1) is 0 Å². The molecule has 216 valence electrons. The second kappa shape index (κ2) is 13.7. The number of halogens is 2. The summed E-state index contributed by atoms with van der Waals surface area (Å²) in [6, 6.07) is 18.6. The molecule has 1 aliphatic heterocycles. The third kappa shape index (κ3) is 7.99. The van der Waals surface area contributed by atoms with Gasteiger partial charge in [-0.3, -0.25) is 14.5 Å². The monoisotopic (exact) mass is 659 g/mol. The molecular weight excluding hydrogens is 630 g/mol. The number of carbonyl (C=O) groups excluding carboxylic acids is 2. The Morgan fingerprint density at radius 1 is 0.927 bits per heavy atom. The summed E-state index contributed by atoms with van der Waals surface area (Å²) in [7, 11) is 1.54. The topological polar surface area (TPSA) is 74.3 Å². The molecule has 1 aliphatic rings. The lowest BCUT2D eigenvalue weighted by molar-refractivity contribution is -0.123. The molecule has 3 aromatic rings. The SMILES string of the molecule is COc1cc(/C=C2\SC(=O)N(CCOc3ccccc3Cl)C2=O)cc(Br)c1OCCOc1ccc(C(C)(C)C)cc1. The van der Waals surface area contributed by atoms with Crippen molar-refractivity contribution in [2.75, 3.05) is 33.5 Å². The van der Waals surface area contributed by atoms with Crippen molar-refractivity contribution in [3.63, 3.8) is 0 Å². The molecule has 1 saturated heterocycles. The molecule has 1 fully saturated rings. The van der Waals surface area contributed by atoms with Gasteiger partial charge in [-0.25, -0.2) is 0 Å². The predicted molar refractivity (Wildman–Crippen MR) is 166 cm³/mol. The molecule has 0 unspecified atom stereocenters. The Kier molecular flexibility index (Phi) is 10.3. The van der Waals surface area contributed by atoms with Crippen molar-refractivity contribution < 1.29 is 28.5 Å². The predicted octanol–water partition coefficient (Wildman–Crippen LogP) is 7.98. The second-order valence-corrected chi connectivity index (χ2v) is 12.4. The fourth-order valence-corrected chi connectivity index (χ4v) is 5.60. The first-order chi connectivity index (χ1) is 19.6. The number of ether oxygens (including phenoxy) is 4. The van der Waals surface area contributed by atoms with Crippen LogP contribution >= 0.6 is 39.3 Å². The Bertz CT molecular complexity index is 1440. The van der Waals surface area contributed by atoms with Gasteiger partial charge in [-0.05, 0) is 86.7 Å². The van der Waals surface area contributed by atoms with Gasteiger partial charge in [-0.2, -0.15) is 0 Å². The summed E-state index contributed by atoms with van der Waals surface area (Å²) < 4.78 is 23.6. The number of carbonyl (C=O) groups is 2. The van der Waals surface area contributed by atoms with Crippen LogP contribution in [0.1, 0.15) is 31.9 Å². The Morgan fingerprint density at radius 2 is 1.63 bits per heavy atom. The minimum Gasteiger partial charge on any atom is -0.493 e. The highest BCUT2D eigenvalue weighted by molar-refractivity contribution is 9.10. The van der Waals surface area contributed by atoms with Crippen molar-refractivity contribution in [2.45, 2.75) is 26.2 Å². The van der Waals surface area contributed by atoms with Crippen molar-refractivity contribution in [1.82, 2.24) is 4.90 Å². The summed E-state index contributed by atoms with van der Waals surface area (Å²) in [5, 5.41) is 0.106. The van der Waals surface area contributed by atoms with Crippen LogP contribution in [0.5, 0.6) is 23.0 Å². The number of benzene rings is 3. The average Bonchev–Trinajstić information content (AvgIpc) is 3.19. The van der Waals surface area contributed by atoms with E-state index in [0.717, 1.165) is 22.4 Å². The lowest BCUT2D eigenvalue weighted by Crippen LogP contribution is -2.32. The van der Waals surface area contributed by atoms with Crippen LogP contribution in [0.3, 0.4) is 0 Å². The summed E-state index contributed by atoms with van der Waals surface area (Å²) in [5.41, 5.74) is 1.99. The van der Waals surface area contributed by atoms with E-state index in [-0.39, 0.29) is 29.7 Å². The zero-order valence-electron chi connectivity index (χ0n) is 23.2. The lowest BCUT2D eigenvalue weighted by Gasteiger charge is -2.19. The van der Waals surface area contributed by atoms with E-state index in [2.05, 4.69) is 48.8 Å². The summed E-state index contributed by atoms with van der Waals surface area (Å²) >= 11 is 10.5. The minimum atomic E-state index is -0.383. The first-order valence-electron chi connectivity index (χ1n) is 12.9. The normalized spacial score (nSPS) is 14.5. The molecule has 0 bridgehead atoms. The molecule has 0 aliphatic carbocycles. The van der Waals surface area contributed by atoms with Gasteiger partial charge in [-0.15, -0.1) is 0 Å². The van der Waals surface area contributed by atoms with Crippen molar-refractivity contribution in [2.24, 2.45) is 0 Å². The van der Waals surface area contributed by atoms with Crippen LogP contribution in [0.2, 0.25) is 5.02 Å². The Labute approximate surface area is 257 Å². The van der Waals surface area contributed by atoms with E-state index in [0.29, 0.717) is 50.4 Å². The van der Waals surface area contributed by atoms with E-state index < -0.39 is 0 Å². The zero-order valence-corrected chi connectivity index (χ0v) is 26.4. The smallest absolute Gasteiger partial charge is 0.293 e. The van der Waals surface area contributed by atoms with Crippen LogP contribution in [-0.4, -0.2) is 49.5 Å². The number of thioether (sulfide) groups is 1. The number of imide groups is 1. The van der Waals surface area contributed by atoms with Gasteiger partial charge in [-0.1, -0.05) is 56.6 Å². The first kappa shape index (κ1) is 30.8. The number of amides is 2. The quantitative estimate of drug-likeness (QED) is 0.153. The summed E-state index contributed by atoms with van der Waals surface area (Å²) in [5.74, 6) is 1.88.